The lowest BCUT2D eigenvalue weighted by Gasteiger charge is -2.20. The average molecular weight is 769 g/mol. The van der Waals surface area contributed by atoms with E-state index in [4.69, 9.17) is 15.0 Å². The van der Waals surface area contributed by atoms with Gasteiger partial charge in [0, 0.05) is 50.5 Å². The molecule has 6 nitrogen and oxygen atoms in total. The molecule has 0 spiro atoms. The minimum atomic E-state index is 0.545. The Morgan fingerprint density at radius 1 is 0.383 bits per heavy atom. The van der Waals surface area contributed by atoms with Crippen LogP contribution in [0.1, 0.15) is 5.82 Å². The first-order valence-electron chi connectivity index (χ1n) is 20.3. The maximum absolute atomic E-state index is 5.09. The minimum absolute atomic E-state index is 0.545. The smallest absolute Gasteiger partial charge is 0.164 e. The molecule has 1 aliphatic rings. The second-order valence-corrected chi connectivity index (χ2v) is 15.3. The normalized spacial score (nSPS) is 12.9. The lowest BCUT2D eigenvalue weighted by Crippen LogP contribution is -2.23. The number of para-hydroxylation sites is 2. The van der Waals surface area contributed by atoms with Crippen LogP contribution in [0.15, 0.2) is 200 Å². The molecule has 0 radical (unpaired) electrons. The first kappa shape index (κ1) is 34.0. The zero-order valence-electron chi connectivity index (χ0n) is 32.5. The van der Waals surface area contributed by atoms with E-state index in [1.54, 1.807) is 0 Å². The number of hydrogen-bond acceptors (Lipinski definition) is 4. The van der Waals surface area contributed by atoms with Gasteiger partial charge in [0.2, 0.25) is 0 Å². The summed E-state index contributed by atoms with van der Waals surface area (Å²) < 4.78 is 4.78. The Balaban J connectivity index is 1.02. The second kappa shape index (κ2) is 13.8. The fraction of sp³-hybridized carbons (Fsp3) is 0.0185. The molecule has 3 aromatic heterocycles. The Kier molecular flexibility index (Phi) is 7.81. The molecule has 0 unspecified atom stereocenters. The third kappa shape index (κ3) is 5.53. The Bertz CT molecular complexity index is 3510. The SMILES string of the molecule is C1=C(c2nc(-c3ccccc3)nc(-c3ccc(-c4ccccc4)cc3)n2)CNC(n2c3ccccc3c3cc4c5c6ccccc6ccc5n(-c5ccccc5)c4cc32)=C1. The summed E-state index contributed by atoms with van der Waals surface area (Å²) >= 11 is 0. The summed E-state index contributed by atoms with van der Waals surface area (Å²) in [7, 11) is 0. The molecule has 8 aromatic carbocycles. The monoisotopic (exact) mass is 768 g/mol. The Morgan fingerprint density at radius 3 is 1.70 bits per heavy atom. The Morgan fingerprint density at radius 2 is 0.967 bits per heavy atom. The second-order valence-electron chi connectivity index (χ2n) is 15.3. The average Bonchev–Trinajstić information content (AvgIpc) is 3.83. The van der Waals surface area contributed by atoms with Crippen molar-refractivity contribution in [1.82, 2.24) is 29.4 Å². The number of hydrogen-bond donors (Lipinski definition) is 1. The number of dihydropyridines is 1. The topological polar surface area (TPSA) is 60.6 Å². The van der Waals surface area contributed by atoms with Crippen LogP contribution in [0.5, 0.6) is 0 Å². The predicted molar refractivity (Wildman–Crippen MR) is 248 cm³/mol. The number of nitrogens with zero attached hydrogens (tertiary/aromatic N) is 5. The van der Waals surface area contributed by atoms with Gasteiger partial charge >= 0.3 is 0 Å². The van der Waals surface area contributed by atoms with E-state index < -0.39 is 0 Å². The van der Waals surface area contributed by atoms with Gasteiger partial charge in [-0.15, -0.1) is 0 Å². The summed E-state index contributed by atoms with van der Waals surface area (Å²) in [5.41, 5.74) is 11.0. The minimum Gasteiger partial charge on any atom is -0.367 e. The Hall–Kier alpha value is -8.09. The van der Waals surface area contributed by atoms with Gasteiger partial charge in [-0.05, 0) is 70.4 Å². The van der Waals surface area contributed by atoms with Gasteiger partial charge < -0.3 is 9.88 Å². The molecule has 282 valence electrons. The standard InChI is InChI=1S/C54H36N6/c1-4-14-35(15-5-1)36-24-26-39(27-25-36)53-56-52(38-17-6-2-7-18-38)57-54(58-53)40-29-31-50(55-34-40)60-46-23-13-12-22-43(46)44-32-45-49(33-48(44)60)59(41-19-8-3-9-20-41)47-30-28-37-16-10-11-21-42(37)51(45)47/h1-33,55H,34H2. The van der Waals surface area contributed by atoms with E-state index >= 15 is 0 Å². The van der Waals surface area contributed by atoms with Gasteiger partial charge in [-0.25, -0.2) is 15.0 Å². The van der Waals surface area contributed by atoms with Crippen LogP contribution in [0.4, 0.5) is 0 Å². The largest absolute Gasteiger partial charge is 0.367 e. The summed E-state index contributed by atoms with van der Waals surface area (Å²) in [6.45, 7) is 0.545. The number of aromatic nitrogens is 5. The lowest BCUT2D eigenvalue weighted by molar-refractivity contribution is 0.914. The number of nitrogens with one attached hydrogen (secondary N) is 1. The van der Waals surface area contributed by atoms with E-state index in [0.717, 1.165) is 44.8 Å². The summed E-state index contributed by atoms with van der Waals surface area (Å²) in [5, 5.41) is 11.2. The highest BCUT2D eigenvalue weighted by atomic mass is 15.2. The van der Waals surface area contributed by atoms with Crippen molar-refractivity contribution in [2.45, 2.75) is 0 Å². The lowest BCUT2D eigenvalue weighted by atomic mass is 10.0. The summed E-state index contributed by atoms with van der Waals surface area (Å²) in [4.78, 5) is 15.1. The highest BCUT2D eigenvalue weighted by Crippen LogP contribution is 2.42. The number of benzene rings is 8. The molecule has 0 saturated carbocycles. The summed E-state index contributed by atoms with van der Waals surface area (Å²) in [6, 6.07) is 66.5. The van der Waals surface area contributed by atoms with Crippen LogP contribution < -0.4 is 5.32 Å². The molecule has 0 amide bonds. The molecule has 0 saturated heterocycles. The Labute approximate surface area is 346 Å². The quantitative estimate of drug-likeness (QED) is 0.183. The van der Waals surface area contributed by atoms with Crippen LogP contribution >= 0.6 is 0 Å². The maximum atomic E-state index is 5.09. The van der Waals surface area contributed by atoms with Crippen molar-refractivity contribution >= 4 is 65.8 Å². The first-order chi connectivity index (χ1) is 29.7. The van der Waals surface area contributed by atoms with Crippen molar-refractivity contribution in [2.75, 3.05) is 6.54 Å². The van der Waals surface area contributed by atoms with Crippen LogP contribution in [0.25, 0.3) is 105 Å². The van der Waals surface area contributed by atoms with Gasteiger partial charge in [0.15, 0.2) is 17.5 Å². The molecule has 12 rings (SSSR count). The van der Waals surface area contributed by atoms with Gasteiger partial charge in [-0.1, -0.05) is 152 Å². The number of rotatable bonds is 6. The van der Waals surface area contributed by atoms with Gasteiger partial charge in [-0.3, -0.25) is 4.57 Å². The summed E-state index contributed by atoms with van der Waals surface area (Å²) in [6.07, 6.45) is 4.32. The van der Waals surface area contributed by atoms with Crippen LogP contribution in [-0.4, -0.2) is 30.6 Å². The van der Waals surface area contributed by atoms with Gasteiger partial charge in [-0.2, -0.15) is 0 Å². The van der Waals surface area contributed by atoms with Crippen molar-refractivity contribution in [3.05, 3.63) is 206 Å². The van der Waals surface area contributed by atoms with E-state index in [-0.39, 0.29) is 0 Å². The van der Waals surface area contributed by atoms with Crippen LogP contribution in [0, 0.1) is 0 Å². The van der Waals surface area contributed by atoms with E-state index in [2.05, 4.69) is 178 Å². The van der Waals surface area contributed by atoms with Gasteiger partial charge in [0.1, 0.15) is 5.82 Å². The molecular formula is C54H36N6. The van der Waals surface area contributed by atoms with Crippen LogP contribution in [0.3, 0.4) is 0 Å². The molecule has 0 bridgehead atoms. The molecule has 11 aromatic rings. The van der Waals surface area contributed by atoms with Crippen molar-refractivity contribution in [2.24, 2.45) is 0 Å². The zero-order valence-corrected chi connectivity index (χ0v) is 32.5. The van der Waals surface area contributed by atoms with E-state index in [9.17, 15) is 0 Å². The van der Waals surface area contributed by atoms with Crippen LogP contribution in [0.2, 0.25) is 0 Å². The molecule has 60 heavy (non-hydrogen) atoms. The number of fused-ring (bicyclic) bond motifs is 8. The van der Waals surface area contributed by atoms with Gasteiger partial charge in [0.25, 0.3) is 0 Å². The first-order valence-corrected chi connectivity index (χ1v) is 20.3. The van der Waals surface area contributed by atoms with E-state index in [1.165, 1.54) is 48.9 Å². The number of allylic oxidation sites excluding steroid dienone is 2. The molecule has 4 heterocycles. The van der Waals surface area contributed by atoms with Crippen molar-refractivity contribution in [1.29, 1.82) is 0 Å². The molecular weight excluding hydrogens is 733 g/mol. The predicted octanol–water partition coefficient (Wildman–Crippen LogP) is 12.7. The van der Waals surface area contributed by atoms with Crippen LogP contribution in [-0.2, 0) is 0 Å². The molecule has 6 heteroatoms. The van der Waals surface area contributed by atoms with Crippen molar-refractivity contribution < 1.29 is 0 Å². The molecule has 0 aliphatic carbocycles. The fourth-order valence-electron chi connectivity index (χ4n) is 8.96. The molecule has 1 aliphatic heterocycles. The molecule has 0 fully saturated rings. The third-order valence-electron chi connectivity index (χ3n) is 11.8. The van der Waals surface area contributed by atoms with Gasteiger partial charge in [0.05, 0.1) is 22.1 Å². The summed E-state index contributed by atoms with van der Waals surface area (Å²) in [5.74, 6) is 2.93. The molecule has 0 atom stereocenters. The van der Waals surface area contributed by atoms with E-state index in [1.807, 2.05) is 36.4 Å². The maximum Gasteiger partial charge on any atom is 0.164 e. The van der Waals surface area contributed by atoms with Crippen molar-refractivity contribution in [3.8, 4) is 39.6 Å². The molecule has 1 N–H and O–H groups in total. The highest BCUT2D eigenvalue weighted by Gasteiger charge is 2.22. The van der Waals surface area contributed by atoms with Crippen molar-refractivity contribution in [3.63, 3.8) is 0 Å². The third-order valence-corrected chi connectivity index (χ3v) is 11.8. The van der Waals surface area contributed by atoms with E-state index in [0.29, 0.717) is 24.0 Å². The fourth-order valence-corrected chi connectivity index (χ4v) is 8.96. The zero-order chi connectivity index (χ0) is 39.6. The highest BCUT2D eigenvalue weighted by molar-refractivity contribution is 6.25.